The van der Waals surface area contributed by atoms with E-state index in [1.54, 1.807) is 0 Å². The van der Waals surface area contributed by atoms with Crippen molar-refractivity contribution in [3.8, 4) is 5.75 Å². The smallest absolute Gasteiger partial charge is 0.255 e. The zero-order chi connectivity index (χ0) is 14.7. The van der Waals surface area contributed by atoms with Crippen LogP contribution in [0.5, 0.6) is 5.75 Å². The van der Waals surface area contributed by atoms with Crippen LogP contribution in [-0.2, 0) is 13.0 Å². The van der Waals surface area contributed by atoms with Crippen molar-refractivity contribution < 1.29 is 4.74 Å². The Kier molecular flexibility index (Phi) is 3.73. The quantitative estimate of drug-likeness (QED) is 0.791. The van der Waals surface area contributed by atoms with E-state index < -0.39 is 0 Å². The third-order valence-corrected chi connectivity index (χ3v) is 3.55. The van der Waals surface area contributed by atoms with Gasteiger partial charge in [0.2, 0.25) is 0 Å². The van der Waals surface area contributed by atoms with Gasteiger partial charge < -0.3 is 9.72 Å². The SMILES string of the molecule is CCc1c(OCc2ccccc2)c2ccccc2[nH]c1=O. The molecule has 0 unspecified atom stereocenters. The Morgan fingerprint density at radius 3 is 2.48 bits per heavy atom. The van der Waals surface area contributed by atoms with Crippen molar-refractivity contribution >= 4 is 10.9 Å². The number of benzene rings is 2. The molecule has 0 amide bonds. The zero-order valence-corrected chi connectivity index (χ0v) is 11.9. The zero-order valence-electron chi connectivity index (χ0n) is 11.9. The Hall–Kier alpha value is -2.55. The van der Waals surface area contributed by atoms with Crippen LogP contribution in [0.3, 0.4) is 0 Å². The standard InChI is InChI=1S/C18H17NO2/c1-2-14-17(21-12-13-8-4-3-5-9-13)15-10-6-7-11-16(15)19-18(14)20/h3-11H,2,12H2,1H3,(H,19,20). The number of para-hydroxylation sites is 1. The van der Waals surface area contributed by atoms with E-state index in [1.165, 1.54) is 0 Å². The number of nitrogens with one attached hydrogen (secondary N) is 1. The minimum Gasteiger partial charge on any atom is -0.488 e. The van der Waals surface area contributed by atoms with E-state index in [1.807, 2.05) is 61.5 Å². The van der Waals surface area contributed by atoms with Gasteiger partial charge in [-0.1, -0.05) is 49.4 Å². The van der Waals surface area contributed by atoms with Crippen LogP contribution in [0.2, 0.25) is 0 Å². The highest BCUT2D eigenvalue weighted by Gasteiger charge is 2.12. The summed E-state index contributed by atoms with van der Waals surface area (Å²) >= 11 is 0. The summed E-state index contributed by atoms with van der Waals surface area (Å²) in [6.45, 7) is 2.43. The van der Waals surface area contributed by atoms with Crippen LogP contribution >= 0.6 is 0 Å². The molecule has 0 aliphatic heterocycles. The highest BCUT2D eigenvalue weighted by atomic mass is 16.5. The molecule has 0 fully saturated rings. The third kappa shape index (κ3) is 2.68. The number of pyridine rings is 1. The van der Waals surface area contributed by atoms with Crippen molar-refractivity contribution in [1.82, 2.24) is 4.98 Å². The lowest BCUT2D eigenvalue weighted by Gasteiger charge is -2.13. The second-order valence-electron chi connectivity index (χ2n) is 4.94. The second-order valence-corrected chi connectivity index (χ2v) is 4.94. The molecule has 3 nitrogen and oxygen atoms in total. The van der Waals surface area contributed by atoms with Crippen molar-refractivity contribution in [3.63, 3.8) is 0 Å². The molecule has 0 saturated carbocycles. The van der Waals surface area contributed by atoms with E-state index >= 15 is 0 Å². The molecular formula is C18H17NO2. The maximum atomic E-state index is 12.2. The van der Waals surface area contributed by atoms with Gasteiger partial charge >= 0.3 is 0 Å². The van der Waals surface area contributed by atoms with Gasteiger partial charge in [0, 0.05) is 5.39 Å². The monoisotopic (exact) mass is 279 g/mol. The molecule has 1 aromatic heterocycles. The van der Waals surface area contributed by atoms with Crippen LogP contribution in [0.1, 0.15) is 18.1 Å². The highest BCUT2D eigenvalue weighted by Crippen LogP contribution is 2.27. The molecule has 0 bridgehead atoms. The van der Waals surface area contributed by atoms with Crippen molar-refractivity contribution in [3.05, 3.63) is 76.1 Å². The van der Waals surface area contributed by atoms with Gasteiger partial charge in [0.1, 0.15) is 12.4 Å². The maximum absolute atomic E-state index is 12.2. The summed E-state index contributed by atoms with van der Waals surface area (Å²) in [6.07, 6.45) is 0.643. The molecule has 0 radical (unpaired) electrons. The van der Waals surface area contributed by atoms with E-state index in [-0.39, 0.29) is 5.56 Å². The molecule has 3 heteroatoms. The molecule has 1 heterocycles. The normalized spacial score (nSPS) is 10.7. The first-order chi connectivity index (χ1) is 10.3. The van der Waals surface area contributed by atoms with Gasteiger partial charge in [-0.2, -0.15) is 0 Å². The molecule has 0 aliphatic carbocycles. The number of hydrogen-bond acceptors (Lipinski definition) is 2. The topological polar surface area (TPSA) is 42.1 Å². The predicted octanol–water partition coefficient (Wildman–Crippen LogP) is 3.67. The molecule has 106 valence electrons. The molecule has 0 aliphatic rings. The molecule has 0 spiro atoms. The third-order valence-electron chi connectivity index (χ3n) is 3.55. The van der Waals surface area contributed by atoms with Crippen LogP contribution in [0.25, 0.3) is 10.9 Å². The van der Waals surface area contributed by atoms with Gasteiger partial charge in [-0.3, -0.25) is 4.79 Å². The van der Waals surface area contributed by atoms with Gasteiger partial charge in [-0.15, -0.1) is 0 Å². The summed E-state index contributed by atoms with van der Waals surface area (Å²) in [7, 11) is 0. The van der Waals surface area contributed by atoms with E-state index in [9.17, 15) is 4.79 Å². The Balaban J connectivity index is 2.05. The molecule has 3 aromatic rings. The number of aromatic amines is 1. The molecular weight excluding hydrogens is 262 g/mol. The van der Waals surface area contributed by atoms with E-state index in [0.29, 0.717) is 24.3 Å². The van der Waals surface area contributed by atoms with E-state index in [0.717, 1.165) is 16.5 Å². The molecule has 1 N–H and O–H groups in total. The fraction of sp³-hybridized carbons (Fsp3) is 0.167. The second kappa shape index (κ2) is 5.83. The van der Waals surface area contributed by atoms with E-state index in [2.05, 4.69) is 4.98 Å². The molecule has 21 heavy (non-hydrogen) atoms. The van der Waals surface area contributed by atoms with Crippen molar-refractivity contribution in [1.29, 1.82) is 0 Å². The molecule has 0 saturated heterocycles. The first kappa shape index (κ1) is 13.4. The highest BCUT2D eigenvalue weighted by molar-refractivity contribution is 5.86. The average Bonchev–Trinajstić information content (AvgIpc) is 2.53. The minimum atomic E-state index is -0.0701. The lowest BCUT2D eigenvalue weighted by molar-refractivity contribution is 0.306. The van der Waals surface area contributed by atoms with Crippen LogP contribution in [0.4, 0.5) is 0 Å². The number of ether oxygens (including phenoxy) is 1. The Labute approximate surface area is 123 Å². The molecule has 3 rings (SSSR count). The number of H-pyrrole nitrogens is 1. The van der Waals surface area contributed by atoms with Crippen LogP contribution in [0, 0.1) is 0 Å². The van der Waals surface area contributed by atoms with Crippen molar-refractivity contribution in [2.75, 3.05) is 0 Å². The summed E-state index contributed by atoms with van der Waals surface area (Å²) in [5.41, 5.74) is 2.52. The number of aromatic nitrogens is 1. The largest absolute Gasteiger partial charge is 0.488 e. The van der Waals surface area contributed by atoms with Gasteiger partial charge in [-0.05, 0) is 24.1 Å². The lowest BCUT2D eigenvalue weighted by Crippen LogP contribution is -2.14. The van der Waals surface area contributed by atoms with Crippen LogP contribution in [-0.4, -0.2) is 4.98 Å². The fourth-order valence-electron chi connectivity index (χ4n) is 2.47. The number of rotatable bonds is 4. The summed E-state index contributed by atoms with van der Waals surface area (Å²) in [5, 5.41) is 0.949. The van der Waals surface area contributed by atoms with Crippen LogP contribution < -0.4 is 10.3 Å². The summed E-state index contributed by atoms with van der Waals surface area (Å²) in [6, 6.07) is 17.7. The summed E-state index contributed by atoms with van der Waals surface area (Å²) < 4.78 is 5.99. The first-order valence-corrected chi connectivity index (χ1v) is 7.10. The molecule has 0 atom stereocenters. The Morgan fingerprint density at radius 1 is 1.00 bits per heavy atom. The van der Waals surface area contributed by atoms with Crippen molar-refractivity contribution in [2.45, 2.75) is 20.0 Å². The first-order valence-electron chi connectivity index (χ1n) is 7.10. The number of fused-ring (bicyclic) bond motifs is 1. The fourth-order valence-corrected chi connectivity index (χ4v) is 2.47. The Bertz CT molecular complexity index is 806. The van der Waals surface area contributed by atoms with Crippen molar-refractivity contribution in [2.24, 2.45) is 0 Å². The Morgan fingerprint density at radius 2 is 1.71 bits per heavy atom. The molecule has 2 aromatic carbocycles. The van der Waals surface area contributed by atoms with Gasteiger partial charge in [0.25, 0.3) is 5.56 Å². The van der Waals surface area contributed by atoms with Gasteiger partial charge in [-0.25, -0.2) is 0 Å². The average molecular weight is 279 g/mol. The maximum Gasteiger partial charge on any atom is 0.255 e. The number of hydrogen-bond donors (Lipinski definition) is 1. The van der Waals surface area contributed by atoms with Crippen LogP contribution in [0.15, 0.2) is 59.4 Å². The van der Waals surface area contributed by atoms with E-state index in [4.69, 9.17) is 4.74 Å². The predicted molar refractivity (Wildman–Crippen MR) is 84.7 cm³/mol. The lowest BCUT2D eigenvalue weighted by atomic mass is 10.1. The van der Waals surface area contributed by atoms with Gasteiger partial charge in [0.05, 0.1) is 11.1 Å². The summed E-state index contributed by atoms with van der Waals surface area (Å²) in [4.78, 5) is 15.1. The summed E-state index contributed by atoms with van der Waals surface area (Å²) in [5.74, 6) is 0.695. The minimum absolute atomic E-state index is 0.0701. The van der Waals surface area contributed by atoms with Gasteiger partial charge in [0.15, 0.2) is 0 Å².